The summed E-state index contributed by atoms with van der Waals surface area (Å²) in [5, 5.41) is 14.8. The van der Waals surface area contributed by atoms with Gasteiger partial charge in [0.2, 0.25) is 0 Å². The number of hydrogen-bond acceptors (Lipinski definition) is 5. The topological polar surface area (TPSA) is 118 Å². The lowest BCUT2D eigenvalue weighted by atomic mass is 9.84. The van der Waals surface area contributed by atoms with Crippen LogP contribution in [-0.4, -0.2) is 34.7 Å². The molecule has 1 aromatic heterocycles. The Morgan fingerprint density at radius 1 is 1.03 bits per heavy atom. The zero-order valence-electron chi connectivity index (χ0n) is 18.6. The van der Waals surface area contributed by atoms with Crippen LogP contribution in [0.4, 0.5) is 10.5 Å². The summed E-state index contributed by atoms with van der Waals surface area (Å²) in [5.41, 5.74) is 0.677. The molecule has 1 saturated carbocycles. The van der Waals surface area contributed by atoms with E-state index in [0.29, 0.717) is 17.0 Å². The first-order valence-electron chi connectivity index (χ1n) is 10.9. The summed E-state index contributed by atoms with van der Waals surface area (Å²) in [7, 11) is 0. The zero-order chi connectivity index (χ0) is 23.3. The Bertz CT molecular complexity index is 952. The Balaban J connectivity index is 1.63. The molecule has 1 heterocycles. The first-order chi connectivity index (χ1) is 15.1. The molecule has 8 heteroatoms. The molecule has 3 rings (SSSR count). The van der Waals surface area contributed by atoms with Crippen LogP contribution >= 0.6 is 0 Å². The summed E-state index contributed by atoms with van der Waals surface area (Å²) in [4.78, 5) is 36.2. The molecular weight excluding hydrogens is 412 g/mol. The number of carbonyl (C=O) groups excluding carboxylic acids is 2. The maximum atomic E-state index is 12.6. The number of ether oxygens (including phenoxy) is 1. The second kappa shape index (κ2) is 9.89. The number of hydrogen-bond donors (Lipinski definition) is 3. The first-order valence-corrected chi connectivity index (χ1v) is 10.9. The fraction of sp³-hybridized carbons (Fsp3) is 0.458. The van der Waals surface area contributed by atoms with E-state index in [-0.39, 0.29) is 11.7 Å². The molecule has 1 aliphatic carbocycles. The molecule has 1 atom stereocenters. The highest BCUT2D eigenvalue weighted by molar-refractivity contribution is 5.95. The second-order valence-corrected chi connectivity index (χ2v) is 9.06. The summed E-state index contributed by atoms with van der Waals surface area (Å²) in [6, 6.07) is 9.15. The van der Waals surface area contributed by atoms with Gasteiger partial charge in [0, 0.05) is 11.3 Å². The Kier molecular flexibility index (Phi) is 7.22. The van der Waals surface area contributed by atoms with Gasteiger partial charge < -0.3 is 19.6 Å². The van der Waals surface area contributed by atoms with E-state index in [9.17, 15) is 19.5 Å². The quantitative estimate of drug-likeness (QED) is 0.576. The molecule has 1 aromatic carbocycles. The van der Waals surface area contributed by atoms with E-state index >= 15 is 0 Å². The van der Waals surface area contributed by atoms with Gasteiger partial charge in [0.1, 0.15) is 17.4 Å². The van der Waals surface area contributed by atoms with Crippen molar-refractivity contribution in [1.82, 2.24) is 5.32 Å². The predicted octanol–water partition coefficient (Wildman–Crippen LogP) is 5.06. The van der Waals surface area contributed by atoms with E-state index < -0.39 is 29.6 Å². The van der Waals surface area contributed by atoms with Crippen LogP contribution in [0.25, 0.3) is 11.3 Å². The molecule has 1 fully saturated rings. The number of nitrogens with one attached hydrogen (secondary N) is 2. The second-order valence-electron chi connectivity index (χ2n) is 9.06. The Hall–Kier alpha value is -3.29. The van der Waals surface area contributed by atoms with E-state index in [1.807, 2.05) is 0 Å². The van der Waals surface area contributed by atoms with Gasteiger partial charge in [-0.3, -0.25) is 10.1 Å². The minimum Gasteiger partial charge on any atom is -0.480 e. The van der Waals surface area contributed by atoms with Crippen molar-refractivity contribution in [3.8, 4) is 11.3 Å². The molecule has 8 nitrogen and oxygen atoms in total. The van der Waals surface area contributed by atoms with E-state index in [1.165, 1.54) is 6.07 Å². The van der Waals surface area contributed by atoms with Gasteiger partial charge in [-0.15, -0.1) is 0 Å². The van der Waals surface area contributed by atoms with E-state index in [0.717, 1.165) is 32.1 Å². The Labute approximate surface area is 187 Å². The molecule has 3 N–H and O–H groups in total. The van der Waals surface area contributed by atoms with Crippen molar-refractivity contribution in [1.29, 1.82) is 0 Å². The van der Waals surface area contributed by atoms with Crippen molar-refractivity contribution in [3.05, 3.63) is 42.2 Å². The number of benzene rings is 1. The van der Waals surface area contributed by atoms with Crippen LogP contribution in [0, 0.1) is 5.92 Å². The minimum atomic E-state index is -1.02. The normalized spacial score (nSPS) is 15.6. The molecule has 172 valence electrons. The number of carboxylic acids is 1. The maximum absolute atomic E-state index is 12.6. The van der Waals surface area contributed by atoms with Crippen LogP contribution in [0.15, 0.2) is 40.8 Å². The molecule has 2 amide bonds. The van der Waals surface area contributed by atoms with Crippen LogP contribution in [-0.2, 0) is 9.53 Å². The third-order valence-electron chi connectivity index (χ3n) is 5.32. The summed E-state index contributed by atoms with van der Waals surface area (Å²) < 4.78 is 10.9. The van der Waals surface area contributed by atoms with Gasteiger partial charge in [-0.05, 0) is 75.9 Å². The number of aliphatic carboxylic acids is 1. The highest BCUT2D eigenvalue weighted by atomic mass is 16.6. The van der Waals surface area contributed by atoms with Crippen LogP contribution < -0.4 is 10.6 Å². The molecule has 0 aliphatic heterocycles. The molecule has 1 aliphatic rings. The predicted molar refractivity (Wildman–Crippen MR) is 119 cm³/mol. The highest BCUT2D eigenvalue weighted by Crippen LogP contribution is 2.28. The summed E-state index contributed by atoms with van der Waals surface area (Å²) in [6.45, 7) is 5.36. The number of amides is 2. The fourth-order valence-corrected chi connectivity index (χ4v) is 3.82. The molecule has 0 saturated heterocycles. The maximum Gasteiger partial charge on any atom is 0.412 e. The lowest BCUT2D eigenvalue weighted by Gasteiger charge is -2.27. The lowest BCUT2D eigenvalue weighted by Crippen LogP contribution is -2.46. The van der Waals surface area contributed by atoms with Crippen molar-refractivity contribution in [2.24, 2.45) is 5.92 Å². The van der Waals surface area contributed by atoms with Crippen molar-refractivity contribution >= 4 is 23.7 Å². The number of carboxylic acid groups (broad SMARTS) is 1. The largest absolute Gasteiger partial charge is 0.480 e. The molecule has 0 spiro atoms. The van der Waals surface area contributed by atoms with Crippen molar-refractivity contribution in [3.63, 3.8) is 0 Å². The molecule has 2 aromatic rings. The molecule has 0 radical (unpaired) electrons. The fourth-order valence-electron chi connectivity index (χ4n) is 3.82. The third-order valence-corrected chi connectivity index (χ3v) is 5.32. The van der Waals surface area contributed by atoms with Crippen molar-refractivity contribution in [2.45, 2.75) is 64.5 Å². The summed E-state index contributed by atoms with van der Waals surface area (Å²) in [5.74, 6) is -1.12. The number of furan rings is 1. The van der Waals surface area contributed by atoms with E-state index in [4.69, 9.17) is 9.15 Å². The van der Waals surface area contributed by atoms with Gasteiger partial charge in [-0.2, -0.15) is 0 Å². The molecular formula is C24H30N2O6. The Morgan fingerprint density at radius 3 is 2.28 bits per heavy atom. The van der Waals surface area contributed by atoms with Crippen LogP contribution in [0.3, 0.4) is 0 Å². The lowest BCUT2D eigenvalue weighted by molar-refractivity contribution is -0.141. The van der Waals surface area contributed by atoms with Gasteiger partial charge >= 0.3 is 12.1 Å². The van der Waals surface area contributed by atoms with E-state index in [2.05, 4.69) is 10.6 Å². The summed E-state index contributed by atoms with van der Waals surface area (Å²) in [6.07, 6.45) is 4.11. The molecule has 0 bridgehead atoms. The van der Waals surface area contributed by atoms with Gasteiger partial charge in [-0.1, -0.05) is 19.3 Å². The van der Waals surface area contributed by atoms with Crippen LogP contribution in [0.1, 0.15) is 63.4 Å². The highest BCUT2D eigenvalue weighted by Gasteiger charge is 2.31. The zero-order valence-corrected chi connectivity index (χ0v) is 18.6. The molecule has 1 unspecified atom stereocenters. The monoisotopic (exact) mass is 442 g/mol. The van der Waals surface area contributed by atoms with Crippen LogP contribution in [0.2, 0.25) is 0 Å². The van der Waals surface area contributed by atoms with Gasteiger partial charge in [0.25, 0.3) is 5.91 Å². The average molecular weight is 443 g/mol. The Morgan fingerprint density at radius 2 is 1.69 bits per heavy atom. The average Bonchev–Trinajstić information content (AvgIpc) is 3.22. The SMILES string of the molecule is CC(C)(C)OC(=O)Nc1ccc(-c2ccc(C(=O)NC(C(=O)O)C3CCCCC3)o2)cc1. The van der Waals surface area contributed by atoms with Gasteiger partial charge in [0.05, 0.1) is 0 Å². The van der Waals surface area contributed by atoms with Crippen molar-refractivity contribution in [2.75, 3.05) is 5.32 Å². The third kappa shape index (κ3) is 6.35. The minimum absolute atomic E-state index is 0.0537. The summed E-state index contributed by atoms with van der Waals surface area (Å²) >= 11 is 0. The molecule has 32 heavy (non-hydrogen) atoms. The van der Waals surface area contributed by atoms with Gasteiger partial charge in [0.15, 0.2) is 5.76 Å². The van der Waals surface area contributed by atoms with Crippen molar-refractivity contribution < 1.29 is 28.6 Å². The number of rotatable bonds is 6. The first kappa shape index (κ1) is 23.4. The standard InChI is InChI=1S/C24H30N2O6/c1-24(2,3)32-23(30)25-17-11-9-15(10-12-17)18-13-14-19(31-18)21(27)26-20(22(28)29)16-7-5-4-6-8-16/h9-14,16,20H,4-8H2,1-3H3,(H,25,30)(H,26,27)(H,28,29). The smallest absolute Gasteiger partial charge is 0.412 e. The number of anilines is 1. The van der Waals surface area contributed by atoms with E-state index in [1.54, 1.807) is 51.1 Å². The van der Waals surface area contributed by atoms with Gasteiger partial charge in [-0.25, -0.2) is 9.59 Å². The number of carbonyl (C=O) groups is 3. The van der Waals surface area contributed by atoms with Crippen LogP contribution in [0.5, 0.6) is 0 Å².